The Kier molecular flexibility index (Phi) is 3.79. The summed E-state index contributed by atoms with van der Waals surface area (Å²) in [7, 11) is 0. The molecule has 0 radical (unpaired) electrons. The van der Waals surface area contributed by atoms with Gasteiger partial charge in [-0.2, -0.15) is 0 Å². The number of rotatable bonds is 2. The first kappa shape index (κ1) is 12.5. The zero-order chi connectivity index (χ0) is 12.4. The van der Waals surface area contributed by atoms with E-state index in [1.54, 1.807) is 12.1 Å². The monoisotopic (exact) mass is 301 g/mol. The highest BCUT2D eigenvalue weighted by Gasteiger charge is 2.26. The lowest BCUT2D eigenvalue weighted by Crippen LogP contribution is -2.39. The number of halogens is 2. The predicted molar refractivity (Wildman–Crippen MR) is 65.4 cm³/mol. The average molecular weight is 302 g/mol. The summed E-state index contributed by atoms with van der Waals surface area (Å²) in [6, 6.07) is 4.63. The SMILES string of the molecule is CC1OCCC1NC(=O)c1cccc(Br)c1F. The molecule has 1 aliphatic heterocycles. The van der Waals surface area contributed by atoms with E-state index in [9.17, 15) is 9.18 Å². The Morgan fingerprint density at radius 1 is 1.59 bits per heavy atom. The number of amides is 1. The van der Waals surface area contributed by atoms with Crippen LogP contribution >= 0.6 is 15.9 Å². The molecule has 0 spiro atoms. The Labute approximate surface area is 107 Å². The van der Waals surface area contributed by atoms with Crippen molar-refractivity contribution in [2.24, 2.45) is 0 Å². The maximum absolute atomic E-state index is 13.7. The summed E-state index contributed by atoms with van der Waals surface area (Å²) in [5, 5.41) is 2.79. The minimum Gasteiger partial charge on any atom is -0.376 e. The second kappa shape index (κ2) is 5.14. The lowest BCUT2D eigenvalue weighted by atomic mass is 10.1. The molecule has 0 aromatic heterocycles. The smallest absolute Gasteiger partial charge is 0.254 e. The van der Waals surface area contributed by atoms with Gasteiger partial charge in [0.1, 0.15) is 5.82 Å². The van der Waals surface area contributed by atoms with E-state index in [1.807, 2.05) is 6.92 Å². The van der Waals surface area contributed by atoms with Crippen LogP contribution in [0.4, 0.5) is 4.39 Å². The summed E-state index contributed by atoms with van der Waals surface area (Å²) in [5.74, 6) is -0.928. The Bertz CT molecular complexity index is 439. The van der Waals surface area contributed by atoms with Gasteiger partial charge < -0.3 is 10.1 Å². The molecule has 92 valence electrons. The lowest BCUT2D eigenvalue weighted by molar-refractivity contribution is 0.0862. The van der Waals surface area contributed by atoms with Gasteiger partial charge in [0.25, 0.3) is 5.91 Å². The largest absolute Gasteiger partial charge is 0.376 e. The molecule has 1 fully saturated rings. The van der Waals surface area contributed by atoms with E-state index in [2.05, 4.69) is 21.2 Å². The van der Waals surface area contributed by atoms with Crippen LogP contribution in [0.5, 0.6) is 0 Å². The van der Waals surface area contributed by atoms with Gasteiger partial charge in [-0.1, -0.05) is 6.07 Å². The highest BCUT2D eigenvalue weighted by Crippen LogP contribution is 2.19. The molecule has 0 aliphatic carbocycles. The molecule has 1 saturated heterocycles. The Morgan fingerprint density at radius 2 is 2.35 bits per heavy atom. The van der Waals surface area contributed by atoms with Crippen molar-refractivity contribution < 1.29 is 13.9 Å². The topological polar surface area (TPSA) is 38.3 Å². The highest BCUT2D eigenvalue weighted by molar-refractivity contribution is 9.10. The zero-order valence-corrected chi connectivity index (χ0v) is 11.0. The van der Waals surface area contributed by atoms with Gasteiger partial charge in [0, 0.05) is 6.61 Å². The first-order chi connectivity index (χ1) is 8.09. The van der Waals surface area contributed by atoms with Crippen LogP contribution < -0.4 is 5.32 Å². The Balaban J connectivity index is 2.12. The second-order valence-electron chi connectivity index (χ2n) is 4.05. The van der Waals surface area contributed by atoms with Crippen molar-refractivity contribution in [3.8, 4) is 0 Å². The van der Waals surface area contributed by atoms with Crippen LogP contribution in [0.2, 0.25) is 0 Å². The fourth-order valence-corrected chi connectivity index (χ4v) is 2.21. The van der Waals surface area contributed by atoms with Gasteiger partial charge in [-0.05, 0) is 41.4 Å². The number of nitrogens with one attached hydrogen (secondary N) is 1. The third-order valence-electron chi connectivity index (χ3n) is 2.89. The van der Waals surface area contributed by atoms with Crippen molar-refractivity contribution in [2.45, 2.75) is 25.5 Å². The van der Waals surface area contributed by atoms with E-state index >= 15 is 0 Å². The van der Waals surface area contributed by atoms with Crippen molar-refractivity contribution in [3.63, 3.8) is 0 Å². The number of hydrogen-bond donors (Lipinski definition) is 1. The molecule has 0 saturated carbocycles. The van der Waals surface area contributed by atoms with E-state index in [0.717, 1.165) is 6.42 Å². The van der Waals surface area contributed by atoms with Crippen molar-refractivity contribution in [1.29, 1.82) is 0 Å². The summed E-state index contributed by atoms with van der Waals surface area (Å²) < 4.78 is 19.3. The fourth-order valence-electron chi connectivity index (χ4n) is 1.85. The molecule has 0 bridgehead atoms. The Morgan fingerprint density at radius 3 is 3.00 bits per heavy atom. The van der Waals surface area contributed by atoms with Crippen molar-refractivity contribution in [1.82, 2.24) is 5.32 Å². The van der Waals surface area contributed by atoms with E-state index in [4.69, 9.17) is 4.74 Å². The normalized spacial score (nSPS) is 23.7. The molecule has 1 amide bonds. The van der Waals surface area contributed by atoms with Crippen LogP contribution in [-0.4, -0.2) is 24.7 Å². The van der Waals surface area contributed by atoms with Gasteiger partial charge in [0.05, 0.1) is 22.2 Å². The molecule has 3 nitrogen and oxygen atoms in total. The maximum atomic E-state index is 13.7. The quantitative estimate of drug-likeness (QED) is 0.911. The number of carbonyl (C=O) groups excluding carboxylic acids is 1. The molecule has 1 N–H and O–H groups in total. The third kappa shape index (κ3) is 2.66. The fraction of sp³-hybridized carbons (Fsp3) is 0.417. The van der Waals surface area contributed by atoms with Gasteiger partial charge in [0.15, 0.2) is 0 Å². The van der Waals surface area contributed by atoms with Gasteiger partial charge in [-0.3, -0.25) is 4.79 Å². The van der Waals surface area contributed by atoms with Crippen LogP contribution in [0.3, 0.4) is 0 Å². The van der Waals surface area contributed by atoms with E-state index in [-0.39, 0.29) is 17.7 Å². The average Bonchev–Trinajstić information content (AvgIpc) is 2.68. The maximum Gasteiger partial charge on any atom is 0.254 e. The van der Waals surface area contributed by atoms with Crippen LogP contribution in [0.1, 0.15) is 23.7 Å². The number of benzene rings is 1. The van der Waals surface area contributed by atoms with Crippen molar-refractivity contribution in [3.05, 3.63) is 34.1 Å². The van der Waals surface area contributed by atoms with Crippen molar-refractivity contribution >= 4 is 21.8 Å². The summed E-state index contributed by atoms with van der Waals surface area (Å²) in [6.07, 6.45) is 0.747. The van der Waals surface area contributed by atoms with Gasteiger partial charge in [0.2, 0.25) is 0 Å². The molecular formula is C12H13BrFNO2. The first-order valence-corrected chi connectivity index (χ1v) is 6.25. The molecule has 2 unspecified atom stereocenters. The first-order valence-electron chi connectivity index (χ1n) is 5.46. The number of carbonyl (C=O) groups is 1. The molecule has 5 heteroatoms. The zero-order valence-electron chi connectivity index (χ0n) is 9.37. The number of ether oxygens (including phenoxy) is 1. The van der Waals surface area contributed by atoms with Crippen LogP contribution in [0.25, 0.3) is 0 Å². The summed E-state index contributed by atoms with van der Waals surface area (Å²) >= 11 is 3.06. The summed E-state index contributed by atoms with van der Waals surface area (Å²) in [6.45, 7) is 2.53. The van der Waals surface area contributed by atoms with E-state index in [0.29, 0.717) is 11.1 Å². The molecular weight excluding hydrogens is 289 g/mol. The minimum absolute atomic E-state index is 0.0193. The van der Waals surface area contributed by atoms with Gasteiger partial charge >= 0.3 is 0 Å². The predicted octanol–water partition coefficient (Wildman–Crippen LogP) is 2.50. The molecule has 17 heavy (non-hydrogen) atoms. The van der Waals surface area contributed by atoms with Crippen LogP contribution in [0, 0.1) is 5.82 Å². The second-order valence-corrected chi connectivity index (χ2v) is 4.90. The molecule has 1 aliphatic rings. The standard InChI is InChI=1S/C12H13BrFNO2/c1-7-10(5-6-17-7)15-12(16)8-3-2-4-9(13)11(8)14/h2-4,7,10H,5-6H2,1H3,(H,15,16). The molecule has 2 atom stereocenters. The van der Waals surface area contributed by atoms with Crippen LogP contribution in [-0.2, 0) is 4.74 Å². The number of hydrogen-bond acceptors (Lipinski definition) is 2. The minimum atomic E-state index is -0.531. The van der Waals surface area contributed by atoms with Gasteiger partial charge in [-0.25, -0.2) is 4.39 Å². The van der Waals surface area contributed by atoms with E-state index < -0.39 is 11.7 Å². The van der Waals surface area contributed by atoms with Gasteiger partial charge in [-0.15, -0.1) is 0 Å². The van der Waals surface area contributed by atoms with E-state index in [1.165, 1.54) is 6.07 Å². The third-order valence-corrected chi connectivity index (χ3v) is 3.50. The highest BCUT2D eigenvalue weighted by atomic mass is 79.9. The molecule has 1 heterocycles. The lowest BCUT2D eigenvalue weighted by Gasteiger charge is -2.16. The molecule has 1 aromatic carbocycles. The molecule has 2 rings (SSSR count). The summed E-state index contributed by atoms with van der Waals surface area (Å²) in [4.78, 5) is 11.9. The molecule has 1 aromatic rings. The van der Waals surface area contributed by atoms with Crippen molar-refractivity contribution in [2.75, 3.05) is 6.61 Å². The summed E-state index contributed by atoms with van der Waals surface area (Å²) in [5.41, 5.74) is 0.0541. The van der Waals surface area contributed by atoms with Crippen LogP contribution in [0.15, 0.2) is 22.7 Å². The Hall–Kier alpha value is -0.940.